The summed E-state index contributed by atoms with van der Waals surface area (Å²) >= 11 is 6.79. The zero-order valence-corrected chi connectivity index (χ0v) is 8.83. The van der Waals surface area contributed by atoms with E-state index in [1.807, 2.05) is 0 Å². The van der Waals surface area contributed by atoms with Crippen molar-refractivity contribution in [2.75, 3.05) is 0 Å². The molecule has 0 bridgehead atoms. The molecule has 7 heteroatoms. The van der Waals surface area contributed by atoms with Gasteiger partial charge in [-0.15, -0.1) is 0 Å². The van der Waals surface area contributed by atoms with E-state index in [0.717, 1.165) is 17.3 Å². The molecular formula is C8H4ClN3O2S. The third kappa shape index (κ3) is 1.95. The number of halogens is 1. The van der Waals surface area contributed by atoms with Crippen LogP contribution in [0.25, 0.3) is 11.3 Å². The van der Waals surface area contributed by atoms with Gasteiger partial charge in [-0.25, -0.2) is 0 Å². The predicted octanol–water partition coefficient (Wildman–Crippen LogP) is 2.77. The van der Waals surface area contributed by atoms with Crippen molar-refractivity contribution in [3.05, 3.63) is 39.5 Å². The Morgan fingerprint density at radius 2 is 1.93 bits per heavy atom. The lowest BCUT2D eigenvalue weighted by molar-refractivity contribution is -0.384. The number of hydrogen-bond donors (Lipinski definition) is 0. The maximum atomic E-state index is 10.4. The molecule has 0 atom stereocenters. The van der Waals surface area contributed by atoms with Crippen LogP contribution in [0.5, 0.6) is 0 Å². The molecule has 0 radical (unpaired) electrons. The average Bonchev–Trinajstić information content (AvgIpc) is 2.65. The predicted molar refractivity (Wildman–Crippen MR) is 57.0 cm³/mol. The number of aromatic nitrogens is 2. The summed E-state index contributed by atoms with van der Waals surface area (Å²) in [6, 6.07) is 6.01. The molecule has 1 aromatic carbocycles. The van der Waals surface area contributed by atoms with Gasteiger partial charge >= 0.3 is 0 Å². The van der Waals surface area contributed by atoms with Crippen LogP contribution in [-0.4, -0.2) is 13.7 Å². The van der Waals surface area contributed by atoms with E-state index in [-0.39, 0.29) is 5.69 Å². The van der Waals surface area contributed by atoms with Crippen LogP contribution in [0.2, 0.25) is 5.15 Å². The normalized spacial score (nSPS) is 10.2. The fourth-order valence-corrected chi connectivity index (χ4v) is 1.86. The van der Waals surface area contributed by atoms with Crippen molar-refractivity contribution in [1.29, 1.82) is 0 Å². The molecule has 0 spiro atoms. The molecule has 76 valence electrons. The summed E-state index contributed by atoms with van der Waals surface area (Å²) in [6.45, 7) is 0. The molecule has 0 unspecified atom stereocenters. The monoisotopic (exact) mass is 241 g/mol. The molecule has 0 aliphatic rings. The molecule has 0 saturated carbocycles. The summed E-state index contributed by atoms with van der Waals surface area (Å²) in [5.74, 6) is 0. The first-order valence-electron chi connectivity index (χ1n) is 3.91. The number of nitro groups is 1. The zero-order valence-electron chi connectivity index (χ0n) is 7.25. The Morgan fingerprint density at radius 3 is 2.40 bits per heavy atom. The van der Waals surface area contributed by atoms with Gasteiger partial charge in [-0.1, -0.05) is 11.6 Å². The van der Waals surface area contributed by atoms with Crippen molar-refractivity contribution in [3.63, 3.8) is 0 Å². The van der Waals surface area contributed by atoms with Gasteiger partial charge in [0.2, 0.25) is 0 Å². The molecule has 1 heterocycles. The van der Waals surface area contributed by atoms with Crippen molar-refractivity contribution < 1.29 is 4.92 Å². The SMILES string of the molecule is O=[N+]([O-])c1ccc(-c2nsnc2Cl)cc1. The number of hydrogen-bond acceptors (Lipinski definition) is 5. The van der Waals surface area contributed by atoms with Crippen LogP contribution in [0, 0.1) is 10.1 Å². The molecule has 0 saturated heterocycles. The maximum absolute atomic E-state index is 10.4. The van der Waals surface area contributed by atoms with Crippen LogP contribution < -0.4 is 0 Å². The third-order valence-corrected chi connectivity index (χ3v) is 2.69. The van der Waals surface area contributed by atoms with Crippen molar-refractivity contribution >= 4 is 29.0 Å². The Kier molecular flexibility index (Phi) is 2.61. The molecule has 2 rings (SSSR count). The summed E-state index contributed by atoms with van der Waals surface area (Å²) in [6.07, 6.45) is 0. The fourth-order valence-electron chi connectivity index (χ4n) is 1.09. The number of nitro benzene ring substituents is 1. The average molecular weight is 242 g/mol. The van der Waals surface area contributed by atoms with Crippen molar-refractivity contribution in [2.45, 2.75) is 0 Å². The van der Waals surface area contributed by atoms with E-state index in [9.17, 15) is 10.1 Å². The summed E-state index contributed by atoms with van der Waals surface area (Å²) in [5.41, 5.74) is 1.31. The summed E-state index contributed by atoms with van der Waals surface area (Å²) < 4.78 is 7.80. The number of rotatable bonds is 2. The Labute approximate surface area is 93.8 Å². The van der Waals surface area contributed by atoms with Gasteiger partial charge in [0.05, 0.1) is 16.7 Å². The molecule has 15 heavy (non-hydrogen) atoms. The summed E-state index contributed by atoms with van der Waals surface area (Å²) in [7, 11) is 0. The van der Waals surface area contributed by atoms with Crippen LogP contribution in [0.4, 0.5) is 5.69 Å². The van der Waals surface area contributed by atoms with Gasteiger partial charge in [-0.3, -0.25) is 10.1 Å². The van der Waals surface area contributed by atoms with E-state index in [4.69, 9.17) is 11.6 Å². The highest BCUT2D eigenvalue weighted by atomic mass is 35.5. The summed E-state index contributed by atoms with van der Waals surface area (Å²) in [5, 5.41) is 10.7. The minimum Gasteiger partial charge on any atom is -0.258 e. The van der Waals surface area contributed by atoms with Crippen molar-refractivity contribution in [1.82, 2.24) is 8.75 Å². The molecule has 1 aromatic heterocycles. The van der Waals surface area contributed by atoms with E-state index in [1.165, 1.54) is 12.1 Å². The van der Waals surface area contributed by atoms with E-state index < -0.39 is 4.92 Å². The third-order valence-electron chi connectivity index (χ3n) is 1.80. The largest absolute Gasteiger partial charge is 0.269 e. The standard InChI is InChI=1S/C8H4ClN3O2S/c9-8-7(10-15-11-8)5-1-3-6(4-2-5)12(13)14/h1-4H. The highest BCUT2D eigenvalue weighted by Crippen LogP contribution is 2.26. The van der Waals surface area contributed by atoms with Crippen LogP contribution in [0.1, 0.15) is 0 Å². The lowest BCUT2D eigenvalue weighted by Crippen LogP contribution is -1.87. The first-order valence-corrected chi connectivity index (χ1v) is 5.02. The number of benzene rings is 1. The van der Waals surface area contributed by atoms with Crippen LogP contribution in [0.3, 0.4) is 0 Å². The number of non-ortho nitro benzene ring substituents is 1. The highest BCUT2D eigenvalue weighted by Gasteiger charge is 2.10. The number of nitrogens with zero attached hydrogens (tertiary/aromatic N) is 3. The van der Waals surface area contributed by atoms with E-state index in [2.05, 4.69) is 8.75 Å². The van der Waals surface area contributed by atoms with Crippen LogP contribution in [0.15, 0.2) is 24.3 Å². The Bertz CT molecular complexity index is 497. The quantitative estimate of drug-likeness (QED) is 0.599. The molecule has 5 nitrogen and oxygen atoms in total. The molecule has 0 N–H and O–H groups in total. The van der Waals surface area contributed by atoms with Crippen LogP contribution in [-0.2, 0) is 0 Å². The first kappa shape index (κ1) is 10.0. The Morgan fingerprint density at radius 1 is 1.27 bits per heavy atom. The topological polar surface area (TPSA) is 68.9 Å². The van der Waals surface area contributed by atoms with Gasteiger partial charge in [-0.05, 0) is 12.1 Å². The minimum absolute atomic E-state index is 0.0399. The highest BCUT2D eigenvalue weighted by molar-refractivity contribution is 6.99. The van der Waals surface area contributed by atoms with Gasteiger partial charge in [0.1, 0.15) is 5.69 Å². The van der Waals surface area contributed by atoms with E-state index in [0.29, 0.717) is 10.8 Å². The Hall–Kier alpha value is -1.53. The van der Waals surface area contributed by atoms with Crippen molar-refractivity contribution in [2.24, 2.45) is 0 Å². The van der Waals surface area contributed by atoms with E-state index >= 15 is 0 Å². The molecule has 0 aliphatic heterocycles. The second kappa shape index (κ2) is 3.92. The minimum atomic E-state index is -0.454. The smallest absolute Gasteiger partial charge is 0.258 e. The van der Waals surface area contributed by atoms with Crippen molar-refractivity contribution in [3.8, 4) is 11.3 Å². The lowest BCUT2D eigenvalue weighted by atomic mass is 10.1. The van der Waals surface area contributed by atoms with Crippen LogP contribution >= 0.6 is 23.3 Å². The second-order valence-corrected chi connectivity index (χ2v) is 3.59. The lowest BCUT2D eigenvalue weighted by Gasteiger charge is -1.95. The first-order chi connectivity index (χ1) is 7.18. The molecule has 2 aromatic rings. The molecule has 0 fully saturated rings. The molecule has 0 aliphatic carbocycles. The van der Waals surface area contributed by atoms with Gasteiger partial charge < -0.3 is 0 Å². The summed E-state index contributed by atoms with van der Waals surface area (Å²) in [4.78, 5) is 9.97. The van der Waals surface area contributed by atoms with Gasteiger partial charge in [0.25, 0.3) is 5.69 Å². The van der Waals surface area contributed by atoms with Gasteiger partial charge in [0, 0.05) is 17.7 Å². The fraction of sp³-hybridized carbons (Fsp3) is 0. The van der Waals surface area contributed by atoms with Gasteiger partial charge in [0.15, 0.2) is 5.15 Å². The zero-order chi connectivity index (χ0) is 10.8. The maximum Gasteiger partial charge on any atom is 0.269 e. The Balaban J connectivity index is 2.40. The second-order valence-electron chi connectivity index (χ2n) is 2.71. The van der Waals surface area contributed by atoms with E-state index in [1.54, 1.807) is 12.1 Å². The van der Waals surface area contributed by atoms with Gasteiger partial charge in [-0.2, -0.15) is 8.75 Å². The molecular weight excluding hydrogens is 238 g/mol. The molecule has 0 amide bonds.